The predicted molar refractivity (Wildman–Crippen MR) is 130 cm³/mol. The first kappa shape index (κ1) is 24.6. The average molecular weight is 475 g/mol. The number of ketones is 1. The van der Waals surface area contributed by atoms with Gasteiger partial charge in [-0.05, 0) is 98.8 Å². The van der Waals surface area contributed by atoms with Gasteiger partial charge in [0.1, 0.15) is 5.60 Å². The van der Waals surface area contributed by atoms with Crippen LogP contribution in [0.4, 0.5) is 0 Å². The quantitative estimate of drug-likeness (QED) is 0.292. The number of esters is 2. The van der Waals surface area contributed by atoms with Gasteiger partial charge in [-0.1, -0.05) is 24.7 Å². The van der Waals surface area contributed by atoms with Crippen molar-refractivity contribution < 1.29 is 23.9 Å². The first-order chi connectivity index (χ1) is 15.6. The van der Waals surface area contributed by atoms with E-state index < -0.39 is 5.60 Å². The van der Waals surface area contributed by atoms with Gasteiger partial charge in [0.25, 0.3) is 0 Å². The van der Waals surface area contributed by atoms with Crippen molar-refractivity contribution in [2.24, 2.45) is 35.0 Å². The summed E-state index contributed by atoms with van der Waals surface area (Å²) in [5, 5.41) is 0. The third kappa shape index (κ3) is 4.33. The zero-order valence-electron chi connectivity index (χ0n) is 20.5. The van der Waals surface area contributed by atoms with E-state index in [9.17, 15) is 14.4 Å². The highest BCUT2D eigenvalue weighted by Gasteiger charge is 2.65. The largest absolute Gasteiger partial charge is 0.466 e. The van der Waals surface area contributed by atoms with E-state index in [0.717, 1.165) is 43.4 Å². The monoisotopic (exact) mass is 474 g/mol. The average Bonchev–Trinajstić information content (AvgIpc) is 3.01. The highest BCUT2D eigenvalue weighted by Crippen LogP contribution is 2.67. The van der Waals surface area contributed by atoms with Crippen molar-refractivity contribution in [2.45, 2.75) is 91.1 Å². The molecule has 0 spiro atoms. The number of carbonyl (C=O) groups excluding carboxylic acids is 3. The smallest absolute Gasteiger partial charge is 0.303 e. The number of carbonyl (C=O) groups is 3. The Hall–Kier alpha value is -1.56. The predicted octanol–water partition coefficient (Wildman–Crippen LogP) is 5.39. The second-order valence-corrected chi connectivity index (χ2v) is 11.8. The van der Waals surface area contributed by atoms with E-state index in [2.05, 4.69) is 13.8 Å². The summed E-state index contributed by atoms with van der Waals surface area (Å²) in [5.74, 6) is 2.02. The number of rotatable bonds is 6. The third-order valence-corrected chi connectivity index (χ3v) is 9.83. The summed E-state index contributed by atoms with van der Waals surface area (Å²) >= 11 is 5.79. The van der Waals surface area contributed by atoms with Crippen LogP contribution in [0, 0.1) is 35.0 Å². The number of ether oxygens (including phenoxy) is 2. The highest BCUT2D eigenvalue weighted by atomic mass is 32.1. The maximum atomic E-state index is 12.3. The number of thiocarbonyl (C=S) groups is 1. The van der Waals surface area contributed by atoms with Crippen molar-refractivity contribution in [3.8, 4) is 0 Å². The molecular formula is C27H38O5S. The van der Waals surface area contributed by atoms with E-state index in [4.69, 9.17) is 21.7 Å². The van der Waals surface area contributed by atoms with Gasteiger partial charge in [-0.25, -0.2) is 0 Å². The lowest BCUT2D eigenvalue weighted by molar-refractivity contribution is -0.184. The van der Waals surface area contributed by atoms with Crippen molar-refractivity contribution in [1.29, 1.82) is 0 Å². The lowest BCUT2D eigenvalue weighted by atomic mass is 9.47. The molecule has 0 saturated heterocycles. The van der Waals surface area contributed by atoms with E-state index in [1.807, 2.05) is 6.08 Å². The summed E-state index contributed by atoms with van der Waals surface area (Å²) in [6.45, 7) is 7.70. The van der Waals surface area contributed by atoms with Gasteiger partial charge in [-0.15, -0.1) is 0 Å². The van der Waals surface area contributed by atoms with Gasteiger partial charge in [-0.3, -0.25) is 14.4 Å². The molecule has 3 fully saturated rings. The van der Waals surface area contributed by atoms with Gasteiger partial charge in [0.15, 0.2) is 5.78 Å². The number of hydrogen-bond donors (Lipinski definition) is 0. The van der Waals surface area contributed by atoms with Gasteiger partial charge in [0, 0.05) is 25.7 Å². The molecule has 0 aromatic carbocycles. The molecule has 4 aliphatic rings. The minimum absolute atomic E-state index is 0.120. The van der Waals surface area contributed by atoms with Gasteiger partial charge in [-0.2, -0.15) is 0 Å². The van der Waals surface area contributed by atoms with Crippen LogP contribution >= 0.6 is 12.2 Å². The lowest BCUT2D eigenvalue weighted by Crippen LogP contribution is -2.56. The molecule has 5 nitrogen and oxygen atoms in total. The van der Waals surface area contributed by atoms with Crippen LogP contribution in [0.1, 0.15) is 85.5 Å². The Labute approximate surface area is 203 Å². The Morgan fingerprint density at radius 1 is 1.12 bits per heavy atom. The molecule has 0 radical (unpaired) electrons. The summed E-state index contributed by atoms with van der Waals surface area (Å²) in [4.78, 5) is 36.7. The van der Waals surface area contributed by atoms with Crippen molar-refractivity contribution in [3.63, 3.8) is 0 Å². The van der Waals surface area contributed by atoms with Crippen LogP contribution in [0.15, 0.2) is 11.6 Å². The maximum Gasteiger partial charge on any atom is 0.303 e. The Bertz CT molecular complexity index is 878. The SMILES string of the molecule is CC(=O)OCCC[C@]1(OC(C)=O)CC[C@H]2[C@H]3[C@H](CC[C@@]21C)[C@H]1CCC(=O)C=C1C[C@H]3C(C)=S. The van der Waals surface area contributed by atoms with E-state index >= 15 is 0 Å². The molecular weight excluding hydrogens is 436 g/mol. The molecule has 6 heteroatoms. The maximum absolute atomic E-state index is 12.3. The minimum Gasteiger partial charge on any atom is -0.466 e. The van der Waals surface area contributed by atoms with E-state index in [1.54, 1.807) is 0 Å². The van der Waals surface area contributed by atoms with Gasteiger partial charge in [0.2, 0.25) is 0 Å². The minimum atomic E-state index is -0.521. The van der Waals surface area contributed by atoms with Crippen molar-refractivity contribution >= 4 is 34.8 Å². The molecule has 0 aromatic rings. The van der Waals surface area contributed by atoms with E-state index in [-0.39, 0.29) is 23.1 Å². The molecule has 0 unspecified atom stereocenters. The molecule has 4 aliphatic carbocycles. The summed E-state index contributed by atoms with van der Waals surface area (Å²) in [6.07, 6.45) is 9.85. The third-order valence-electron chi connectivity index (χ3n) is 9.53. The molecule has 4 rings (SSSR count). The van der Waals surface area contributed by atoms with Crippen LogP contribution in [0.3, 0.4) is 0 Å². The van der Waals surface area contributed by atoms with Gasteiger partial charge < -0.3 is 9.47 Å². The van der Waals surface area contributed by atoms with Crippen LogP contribution < -0.4 is 0 Å². The Morgan fingerprint density at radius 2 is 1.88 bits per heavy atom. The molecule has 0 bridgehead atoms. The fourth-order valence-corrected chi connectivity index (χ4v) is 8.46. The summed E-state index contributed by atoms with van der Waals surface area (Å²) in [6, 6.07) is 0. The number of allylic oxidation sites excluding steroid dienone is 1. The van der Waals surface area contributed by atoms with Gasteiger partial charge in [0.05, 0.1) is 6.61 Å². The standard InChI is InChI=1S/C27H38O5S/c1-16(33)23-15-19-14-20(30)6-7-21(19)22-8-11-26(4)24(25(22)23)9-12-27(26,32-18(3)29)10-5-13-31-17(2)28/h14,21-25H,5-13,15H2,1-4H3/t21-,22+,23-,24-,25-,26-,27-/m0/s1. The topological polar surface area (TPSA) is 69.7 Å². The molecule has 0 N–H and O–H groups in total. The van der Waals surface area contributed by atoms with Crippen LogP contribution in [0.25, 0.3) is 0 Å². The van der Waals surface area contributed by atoms with Crippen molar-refractivity contribution in [2.75, 3.05) is 6.61 Å². The van der Waals surface area contributed by atoms with Crippen LogP contribution in [-0.4, -0.2) is 34.8 Å². The summed E-state index contributed by atoms with van der Waals surface area (Å²) < 4.78 is 11.4. The molecule has 0 aliphatic heterocycles. The molecule has 0 amide bonds. The zero-order valence-corrected chi connectivity index (χ0v) is 21.3. The van der Waals surface area contributed by atoms with E-state index in [1.165, 1.54) is 19.4 Å². The Morgan fingerprint density at radius 3 is 2.55 bits per heavy atom. The molecule has 0 aromatic heterocycles. The normalized spacial score (nSPS) is 39.6. The Kier molecular flexibility index (Phi) is 6.88. The molecule has 3 saturated carbocycles. The van der Waals surface area contributed by atoms with Crippen molar-refractivity contribution in [1.82, 2.24) is 0 Å². The first-order valence-electron chi connectivity index (χ1n) is 12.6. The second kappa shape index (κ2) is 9.24. The molecule has 33 heavy (non-hydrogen) atoms. The fourth-order valence-electron chi connectivity index (χ4n) is 8.22. The van der Waals surface area contributed by atoms with Gasteiger partial charge >= 0.3 is 11.9 Å². The van der Waals surface area contributed by atoms with Crippen LogP contribution in [0.5, 0.6) is 0 Å². The van der Waals surface area contributed by atoms with Crippen molar-refractivity contribution in [3.05, 3.63) is 11.6 Å². The molecule has 7 atom stereocenters. The Balaban J connectivity index is 1.65. The first-order valence-corrected chi connectivity index (χ1v) is 13.1. The highest BCUT2D eigenvalue weighted by molar-refractivity contribution is 7.80. The number of fused-ring (bicyclic) bond motifs is 5. The summed E-state index contributed by atoms with van der Waals surface area (Å²) in [5.41, 5.74) is 0.689. The fraction of sp³-hybridized carbons (Fsp3) is 0.778. The van der Waals surface area contributed by atoms with Crippen LogP contribution in [-0.2, 0) is 23.9 Å². The summed E-state index contributed by atoms with van der Waals surface area (Å²) in [7, 11) is 0. The molecule has 182 valence electrons. The zero-order chi connectivity index (χ0) is 24.0. The second-order valence-electron chi connectivity index (χ2n) is 11.1. The molecule has 0 heterocycles. The van der Waals surface area contributed by atoms with E-state index in [0.29, 0.717) is 55.5 Å². The number of hydrogen-bond acceptors (Lipinski definition) is 6. The van der Waals surface area contributed by atoms with Crippen LogP contribution in [0.2, 0.25) is 0 Å². The lowest BCUT2D eigenvalue weighted by Gasteiger charge is -2.58.